The molecule has 290 valence electrons. The first-order valence-electron chi connectivity index (χ1n) is 21.0. The maximum absolute atomic E-state index is 13.5. The van der Waals surface area contributed by atoms with Crippen molar-refractivity contribution in [2.75, 3.05) is 6.61 Å². The molecular formula is C44H66O8. The highest BCUT2D eigenvalue weighted by Crippen LogP contribution is 2.68. The average Bonchev–Trinajstić information content (AvgIpc) is 3.60. The van der Waals surface area contributed by atoms with Gasteiger partial charge in [-0.25, -0.2) is 0 Å². The van der Waals surface area contributed by atoms with Crippen molar-refractivity contribution >= 4 is 29.1 Å². The van der Waals surface area contributed by atoms with Gasteiger partial charge in [0, 0.05) is 43.4 Å². The number of Topliss-reactive ketones (excluding diaryl/α,β-unsaturated/α-hetero) is 4. The Bertz CT molecular complexity index is 1470. The molecule has 2 N–H and O–H groups in total. The third-order valence-corrected chi connectivity index (χ3v) is 17.9. The van der Waals surface area contributed by atoms with E-state index in [9.17, 15) is 34.2 Å². The second kappa shape index (κ2) is 13.7. The lowest BCUT2D eigenvalue weighted by Crippen LogP contribution is -2.58. The van der Waals surface area contributed by atoms with Crippen LogP contribution in [0.15, 0.2) is 0 Å². The summed E-state index contributed by atoms with van der Waals surface area (Å²) < 4.78 is 4.97. The van der Waals surface area contributed by atoms with Gasteiger partial charge in [0.15, 0.2) is 5.78 Å². The van der Waals surface area contributed by atoms with E-state index >= 15 is 0 Å². The molecule has 0 aliphatic heterocycles. The van der Waals surface area contributed by atoms with Crippen molar-refractivity contribution in [2.24, 2.45) is 80.8 Å². The fourth-order valence-corrected chi connectivity index (χ4v) is 15.6. The summed E-state index contributed by atoms with van der Waals surface area (Å²) in [6, 6.07) is 0. The lowest BCUT2D eigenvalue weighted by atomic mass is 9.44. The summed E-state index contributed by atoms with van der Waals surface area (Å²) >= 11 is 0. The van der Waals surface area contributed by atoms with Crippen molar-refractivity contribution < 1.29 is 38.9 Å². The van der Waals surface area contributed by atoms with Crippen LogP contribution in [-0.2, 0) is 28.7 Å². The molecule has 0 aromatic heterocycles. The number of aliphatic hydroxyl groups is 2. The van der Waals surface area contributed by atoms with E-state index in [1.54, 1.807) is 6.92 Å². The van der Waals surface area contributed by atoms with Crippen LogP contribution in [-0.4, -0.2) is 58.1 Å². The van der Waals surface area contributed by atoms with Crippen LogP contribution >= 0.6 is 0 Å². The average molecular weight is 723 g/mol. The van der Waals surface area contributed by atoms with E-state index in [2.05, 4.69) is 27.7 Å². The Morgan fingerprint density at radius 3 is 1.50 bits per heavy atom. The molecule has 8 aliphatic carbocycles. The van der Waals surface area contributed by atoms with Gasteiger partial charge in [-0.05, 0) is 154 Å². The number of carbonyl (C=O) groups excluding carboxylic acids is 5. The number of esters is 1. The summed E-state index contributed by atoms with van der Waals surface area (Å²) in [5.74, 6) is 3.46. The second-order valence-electron chi connectivity index (χ2n) is 20.3. The number of aliphatic hydroxyl groups excluding tert-OH is 2. The predicted molar refractivity (Wildman–Crippen MR) is 196 cm³/mol. The molecule has 8 aliphatic rings. The quantitative estimate of drug-likeness (QED) is 0.294. The SMILES string of the molecule is CC(=O)C1CCC2C3CCC4CC(O)CCC4(C)C3C(=O)CC12C.CC(=O)OCC(=O)C1CCC2C3CCC4CC(O)CCC4(C)C3C(=O)CC12C. The Morgan fingerprint density at radius 2 is 1.06 bits per heavy atom. The molecule has 0 aromatic rings. The molecule has 8 saturated carbocycles. The van der Waals surface area contributed by atoms with Crippen molar-refractivity contribution in [1.29, 1.82) is 0 Å². The van der Waals surface area contributed by atoms with E-state index in [4.69, 9.17) is 4.74 Å². The van der Waals surface area contributed by atoms with E-state index in [1.165, 1.54) is 6.92 Å². The van der Waals surface area contributed by atoms with Crippen LogP contribution in [0.4, 0.5) is 0 Å². The normalized spacial score (nSPS) is 50.5. The molecule has 52 heavy (non-hydrogen) atoms. The number of fused-ring (bicyclic) bond motifs is 10. The number of hydrogen-bond acceptors (Lipinski definition) is 8. The standard InChI is InChI=1S/C23H34O5.C21H32O3/c1-13(24)28-12-20(27)18-7-6-17-16-5-4-14-10-15(25)8-9-22(14,2)21(16)19(26)11-23(17,18)3;1-12(22)16-6-7-17-15-5-4-13-10-14(23)8-9-20(13,2)19(15)18(24)11-21(16,17)3/h14-18,21,25H,4-12H2,1-3H3;13-17,19,23H,4-11H2,1-3H3. The number of carbonyl (C=O) groups is 5. The van der Waals surface area contributed by atoms with Crippen molar-refractivity contribution in [1.82, 2.24) is 0 Å². The Hall–Kier alpha value is -1.93. The first-order valence-corrected chi connectivity index (χ1v) is 21.0. The number of rotatable bonds is 4. The smallest absolute Gasteiger partial charge is 0.303 e. The molecule has 0 heterocycles. The largest absolute Gasteiger partial charge is 0.458 e. The van der Waals surface area contributed by atoms with Gasteiger partial charge in [0.05, 0.1) is 12.2 Å². The minimum Gasteiger partial charge on any atom is -0.458 e. The summed E-state index contributed by atoms with van der Waals surface area (Å²) in [7, 11) is 0. The van der Waals surface area contributed by atoms with Gasteiger partial charge < -0.3 is 14.9 Å². The highest BCUT2D eigenvalue weighted by Gasteiger charge is 2.65. The molecule has 0 amide bonds. The number of ether oxygens (including phenoxy) is 1. The van der Waals surface area contributed by atoms with Crippen LogP contribution in [0.25, 0.3) is 0 Å². The van der Waals surface area contributed by atoms with Crippen molar-refractivity contribution in [2.45, 2.75) is 156 Å². The summed E-state index contributed by atoms with van der Waals surface area (Å²) in [6.45, 7) is 11.9. The molecule has 16 atom stereocenters. The Kier molecular flexibility index (Phi) is 10.1. The third-order valence-electron chi connectivity index (χ3n) is 17.9. The lowest BCUT2D eigenvalue weighted by molar-refractivity contribution is -0.164. The van der Waals surface area contributed by atoms with Crippen LogP contribution in [0.3, 0.4) is 0 Å². The molecule has 0 spiro atoms. The molecule has 8 fully saturated rings. The van der Waals surface area contributed by atoms with Gasteiger partial charge >= 0.3 is 5.97 Å². The topological polar surface area (TPSA) is 135 Å². The number of ketones is 4. The highest BCUT2D eigenvalue weighted by molar-refractivity contribution is 5.89. The Labute approximate surface area is 311 Å². The minimum absolute atomic E-state index is 0.000393. The first kappa shape index (κ1) is 38.3. The van der Waals surface area contributed by atoms with E-state index in [-0.39, 0.29) is 75.7 Å². The van der Waals surface area contributed by atoms with Gasteiger partial charge in [-0.15, -0.1) is 0 Å². The molecule has 0 radical (unpaired) electrons. The lowest BCUT2D eigenvalue weighted by Gasteiger charge is -2.59. The molecule has 0 aromatic carbocycles. The first-order chi connectivity index (χ1) is 24.4. The molecule has 8 nitrogen and oxygen atoms in total. The zero-order valence-electron chi connectivity index (χ0n) is 32.8. The highest BCUT2D eigenvalue weighted by atomic mass is 16.5. The third kappa shape index (κ3) is 6.01. The summed E-state index contributed by atoms with van der Waals surface area (Å²) in [4.78, 5) is 62.9. The van der Waals surface area contributed by atoms with Gasteiger partial charge in [0.1, 0.15) is 24.0 Å². The summed E-state index contributed by atoms with van der Waals surface area (Å²) in [6.07, 6.45) is 14.3. The van der Waals surface area contributed by atoms with Crippen LogP contribution in [0, 0.1) is 80.8 Å². The maximum Gasteiger partial charge on any atom is 0.303 e. The summed E-state index contributed by atoms with van der Waals surface area (Å²) in [5.41, 5.74) is -0.316. The molecule has 0 saturated heterocycles. The Morgan fingerprint density at radius 1 is 0.615 bits per heavy atom. The van der Waals surface area contributed by atoms with Gasteiger partial charge in [-0.3, -0.25) is 24.0 Å². The minimum atomic E-state index is -0.432. The van der Waals surface area contributed by atoms with Gasteiger partial charge in [-0.1, -0.05) is 27.7 Å². The molecule has 8 heteroatoms. The van der Waals surface area contributed by atoms with Crippen LogP contribution in [0.1, 0.15) is 144 Å². The molecule has 16 unspecified atom stereocenters. The fraction of sp³-hybridized carbons (Fsp3) is 0.886. The van der Waals surface area contributed by atoms with E-state index in [0.717, 1.165) is 89.9 Å². The van der Waals surface area contributed by atoms with E-state index < -0.39 is 5.97 Å². The fourth-order valence-electron chi connectivity index (χ4n) is 15.6. The number of hydrogen-bond donors (Lipinski definition) is 2. The summed E-state index contributed by atoms with van der Waals surface area (Å²) in [5, 5.41) is 20.2. The molecule has 0 bridgehead atoms. The van der Waals surface area contributed by atoms with Crippen molar-refractivity contribution in [3.63, 3.8) is 0 Å². The van der Waals surface area contributed by atoms with E-state index in [0.29, 0.717) is 59.9 Å². The molecule has 8 rings (SSSR count). The van der Waals surface area contributed by atoms with Crippen LogP contribution in [0.2, 0.25) is 0 Å². The molecular weight excluding hydrogens is 656 g/mol. The van der Waals surface area contributed by atoms with Crippen LogP contribution in [0.5, 0.6) is 0 Å². The zero-order chi connectivity index (χ0) is 37.5. The second-order valence-corrected chi connectivity index (χ2v) is 20.3. The monoisotopic (exact) mass is 722 g/mol. The maximum atomic E-state index is 13.5. The zero-order valence-corrected chi connectivity index (χ0v) is 32.8. The van der Waals surface area contributed by atoms with Crippen molar-refractivity contribution in [3.8, 4) is 0 Å². The van der Waals surface area contributed by atoms with E-state index in [1.807, 2.05) is 0 Å². The van der Waals surface area contributed by atoms with Gasteiger partial charge in [0.25, 0.3) is 0 Å². The predicted octanol–water partition coefficient (Wildman–Crippen LogP) is 7.09. The van der Waals surface area contributed by atoms with Gasteiger partial charge in [0.2, 0.25) is 0 Å². The Balaban J connectivity index is 0.000000164. The van der Waals surface area contributed by atoms with Gasteiger partial charge in [-0.2, -0.15) is 0 Å². The van der Waals surface area contributed by atoms with Crippen molar-refractivity contribution in [3.05, 3.63) is 0 Å². The van der Waals surface area contributed by atoms with Crippen LogP contribution < -0.4 is 0 Å².